The Morgan fingerprint density at radius 1 is 0.853 bits per heavy atom. The van der Waals surface area contributed by atoms with E-state index < -0.39 is 17.9 Å². The highest BCUT2D eigenvalue weighted by Gasteiger charge is 2.22. The van der Waals surface area contributed by atoms with Crippen LogP contribution in [0.3, 0.4) is 0 Å². The van der Waals surface area contributed by atoms with Crippen LogP contribution in [0.5, 0.6) is 0 Å². The highest BCUT2D eigenvalue weighted by Crippen LogP contribution is 2.19. The summed E-state index contributed by atoms with van der Waals surface area (Å²) < 4.78 is 0.582. The highest BCUT2D eigenvalue weighted by atomic mass is 79.9. The number of anilines is 1. The Labute approximate surface area is 204 Å². The molecule has 0 bridgehead atoms. The number of fused-ring (bicyclic) bond motifs is 1. The summed E-state index contributed by atoms with van der Waals surface area (Å²) in [7, 11) is 0. The van der Waals surface area contributed by atoms with Gasteiger partial charge in [-0.05, 0) is 57.9 Å². The minimum absolute atomic E-state index is 0.0920. The van der Waals surface area contributed by atoms with Gasteiger partial charge < -0.3 is 15.7 Å². The van der Waals surface area contributed by atoms with Gasteiger partial charge in [0, 0.05) is 28.2 Å². The molecular formula is C26H20BrN3O4. The molecule has 1 aromatic heterocycles. The standard InChI is InChI=1S/C26H20BrN3O4/c27-21-7-3-1-6-20(21)25(32)30-23(26(33)34)15-16-9-11-17(12-10-16)29-24(31)19-13-14-28-22-8-4-2-5-18(19)22/h1-14,23H,15H2,(H,29,31)(H,30,32)(H,33,34)/t23-/m0/s1. The molecule has 0 saturated heterocycles. The number of nitrogens with one attached hydrogen (secondary N) is 2. The van der Waals surface area contributed by atoms with Crippen LogP contribution in [0.1, 0.15) is 26.3 Å². The number of benzene rings is 3. The Kier molecular flexibility index (Phi) is 6.98. The number of carbonyl (C=O) groups excluding carboxylic acids is 2. The molecule has 1 atom stereocenters. The number of carboxylic acids is 1. The van der Waals surface area contributed by atoms with Crippen molar-refractivity contribution in [3.05, 3.63) is 106 Å². The van der Waals surface area contributed by atoms with E-state index in [1.54, 1.807) is 60.8 Å². The fourth-order valence-corrected chi connectivity index (χ4v) is 4.00. The monoisotopic (exact) mass is 517 g/mol. The number of aromatic nitrogens is 1. The van der Waals surface area contributed by atoms with Gasteiger partial charge in [-0.1, -0.05) is 42.5 Å². The van der Waals surface area contributed by atoms with Crippen LogP contribution < -0.4 is 10.6 Å². The Morgan fingerprint density at radius 2 is 1.56 bits per heavy atom. The van der Waals surface area contributed by atoms with E-state index in [2.05, 4.69) is 31.5 Å². The van der Waals surface area contributed by atoms with Crippen LogP contribution in [0, 0.1) is 0 Å². The van der Waals surface area contributed by atoms with Crippen LogP contribution in [0.15, 0.2) is 89.5 Å². The first-order valence-electron chi connectivity index (χ1n) is 10.4. The molecule has 7 nitrogen and oxygen atoms in total. The number of amides is 2. The molecule has 0 aliphatic rings. The first kappa shape index (κ1) is 23.1. The normalized spacial score (nSPS) is 11.6. The van der Waals surface area contributed by atoms with Crippen LogP contribution in [0.4, 0.5) is 5.69 Å². The zero-order valence-electron chi connectivity index (χ0n) is 17.9. The van der Waals surface area contributed by atoms with E-state index in [0.29, 0.717) is 26.9 Å². The molecule has 0 aliphatic heterocycles. The Bertz CT molecular complexity index is 1370. The quantitative estimate of drug-likeness (QED) is 0.330. The minimum Gasteiger partial charge on any atom is -0.480 e. The summed E-state index contributed by atoms with van der Waals surface area (Å²) in [5.74, 6) is -1.88. The van der Waals surface area contributed by atoms with Gasteiger partial charge in [-0.25, -0.2) is 4.79 Å². The van der Waals surface area contributed by atoms with Gasteiger partial charge in [-0.15, -0.1) is 0 Å². The molecule has 0 unspecified atom stereocenters. The summed E-state index contributed by atoms with van der Waals surface area (Å²) in [6, 6.07) is 21.6. The summed E-state index contributed by atoms with van der Waals surface area (Å²) in [6.45, 7) is 0. The minimum atomic E-state index is -1.14. The molecule has 2 amide bonds. The number of nitrogens with zero attached hydrogens (tertiary/aromatic N) is 1. The first-order valence-corrected chi connectivity index (χ1v) is 11.2. The summed E-state index contributed by atoms with van der Waals surface area (Å²) >= 11 is 3.30. The lowest BCUT2D eigenvalue weighted by atomic mass is 10.0. The number of para-hydroxylation sites is 1. The van der Waals surface area contributed by atoms with Crippen molar-refractivity contribution in [3.8, 4) is 0 Å². The lowest BCUT2D eigenvalue weighted by molar-refractivity contribution is -0.139. The molecule has 4 rings (SSSR count). The van der Waals surface area contributed by atoms with Crippen molar-refractivity contribution in [1.82, 2.24) is 10.3 Å². The van der Waals surface area contributed by atoms with E-state index in [1.165, 1.54) is 0 Å². The molecule has 3 N–H and O–H groups in total. The summed E-state index contributed by atoms with van der Waals surface area (Å²) in [5, 5.41) is 15.8. The van der Waals surface area contributed by atoms with Crippen molar-refractivity contribution in [1.29, 1.82) is 0 Å². The van der Waals surface area contributed by atoms with Gasteiger partial charge in [0.2, 0.25) is 0 Å². The Hall–Kier alpha value is -4.04. The molecule has 8 heteroatoms. The van der Waals surface area contributed by atoms with E-state index in [-0.39, 0.29) is 12.3 Å². The largest absolute Gasteiger partial charge is 0.480 e. The predicted molar refractivity (Wildman–Crippen MR) is 133 cm³/mol. The topological polar surface area (TPSA) is 108 Å². The van der Waals surface area contributed by atoms with Crippen LogP contribution >= 0.6 is 15.9 Å². The van der Waals surface area contributed by atoms with E-state index in [0.717, 1.165) is 10.9 Å². The van der Waals surface area contributed by atoms with Gasteiger partial charge in [0.25, 0.3) is 11.8 Å². The predicted octanol–water partition coefficient (Wildman–Crippen LogP) is 4.68. The summed E-state index contributed by atoms with van der Waals surface area (Å²) in [5.41, 5.74) is 2.87. The van der Waals surface area contributed by atoms with Crippen molar-refractivity contribution >= 4 is 50.3 Å². The van der Waals surface area contributed by atoms with Crippen LogP contribution in [0.2, 0.25) is 0 Å². The van der Waals surface area contributed by atoms with E-state index >= 15 is 0 Å². The van der Waals surface area contributed by atoms with Crippen LogP contribution in [-0.2, 0) is 11.2 Å². The molecule has 0 spiro atoms. The van der Waals surface area contributed by atoms with Gasteiger partial charge in [0.15, 0.2) is 0 Å². The molecule has 4 aromatic rings. The van der Waals surface area contributed by atoms with Gasteiger partial charge in [0.1, 0.15) is 6.04 Å². The van der Waals surface area contributed by atoms with Crippen molar-refractivity contribution in [2.24, 2.45) is 0 Å². The molecule has 0 fully saturated rings. The molecule has 0 aliphatic carbocycles. The Morgan fingerprint density at radius 3 is 2.29 bits per heavy atom. The third-order valence-electron chi connectivity index (χ3n) is 5.27. The van der Waals surface area contributed by atoms with Crippen LogP contribution in [0.25, 0.3) is 10.9 Å². The lowest BCUT2D eigenvalue weighted by Crippen LogP contribution is -2.42. The SMILES string of the molecule is O=C(N[C@@H](Cc1ccc(NC(=O)c2ccnc3ccccc23)cc1)C(=O)O)c1ccccc1Br. The van der Waals surface area contributed by atoms with Crippen molar-refractivity contribution in [2.45, 2.75) is 12.5 Å². The van der Waals surface area contributed by atoms with Gasteiger partial charge in [0.05, 0.1) is 16.6 Å². The van der Waals surface area contributed by atoms with Crippen molar-refractivity contribution in [3.63, 3.8) is 0 Å². The number of carbonyl (C=O) groups is 3. The smallest absolute Gasteiger partial charge is 0.326 e. The zero-order valence-corrected chi connectivity index (χ0v) is 19.5. The van der Waals surface area contributed by atoms with Gasteiger partial charge >= 0.3 is 5.97 Å². The van der Waals surface area contributed by atoms with Crippen molar-refractivity contribution in [2.75, 3.05) is 5.32 Å². The number of pyridine rings is 1. The van der Waals surface area contributed by atoms with E-state index in [4.69, 9.17) is 0 Å². The number of aliphatic carboxylic acids is 1. The number of hydrogen-bond acceptors (Lipinski definition) is 4. The lowest BCUT2D eigenvalue weighted by Gasteiger charge is -2.16. The fourth-order valence-electron chi connectivity index (χ4n) is 3.53. The molecule has 3 aromatic carbocycles. The molecule has 34 heavy (non-hydrogen) atoms. The maximum absolute atomic E-state index is 12.8. The second kappa shape index (κ2) is 10.3. The average Bonchev–Trinajstić information content (AvgIpc) is 2.84. The Balaban J connectivity index is 1.44. The van der Waals surface area contributed by atoms with Crippen molar-refractivity contribution < 1.29 is 19.5 Å². The maximum Gasteiger partial charge on any atom is 0.326 e. The molecule has 0 radical (unpaired) electrons. The first-order chi connectivity index (χ1) is 16.4. The average molecular weight is 518 g/mol. The molecular weight excluding hydrogens is 498 g/mol. The molecule has 0 saturated carbocycles. The number of carboxylic acid groups (broad SMARTS) is 1. The molecule has 1 heterocycles. The number of halogens is 1. The third-order valence-corrected chi connectivity index (χ3v) is 5.96. The van der Waals surface area contributed by atoms with Crippen LogP contribution in [-0.4, -0.2) is 33.9 Å². The highest BCUT2D eigenvalue weighted by molar-refractivity contribution is 9.10. The zero-order chi connectivity index (χ0) is 24.1. The van der Waals surface area contributed by atoms with E-state index in [1.807, 2.05) is 24.3 Å². The van der Waals surface area contributed by atoms with E-state index in [9.17, 15) is 19.5 Å². The summed E-state index contributed by atoms with van der Waals surface area (Å²) in [6.07, 6.45) is 1.68. The number of hydrogen-bond donors (Lipinski definition) is 3. The number of rotatable bonds is 7. The second-order valence-corrected chi connectivity index (χ2v) is 8.43. The van der Waals surface area contributed by atoms with Gasteiger partial charge in [-0.3, -0.25) is 14.6 Å². The maximum atomic E-state index is 12.8. The molecule has 170 valence electrons. The van der Waals surface area contributed by atoms with Gasteiger partial charge in [-0.2, -0.15) is 0 Å². The third kappa shape index (κ3) is 5.29. The summed E-state index contributed by atoms with van der Waals surface area (Å²) in [4.78, 5) is 41.3. The fraction of sp³-hybridized carbons (Fsp3) is 0.0769. The second-order valence-electron chi connectivity index (χ2n) is 7.57.